The molecule has 3 aromatic carbocycles. The van der Waals surface area contributed by atoms with E-state index in [1.54, 1.807) is 12.1 Å². The first kappa shape index (κ1) is 17.0. The Hall–Kier alpha value is -3.87. The first-order valence-electron chi connectivity index (χ1n) is 7.60. The van der Waals surface area contributed by atoms with Crippen LogP contribution in [0.25, 0.3) is 10.8 Å². The summed E-state index contributed by atoms with van der Waals surface area (Å²) in [5.41, 5.74) is 1.06. The van der Waals surface area contributed by atoms with Crippen molar-refractivity contribution in [3.05, 3.63) is 83.4 Å². The fraction of sp³-hybridized carbons (Fsp3) is 0. The van der Waals surface area contributed by atoms with Crippen molar-refractivity contribution in [3.63, 3.8) is 0 Å². The van der Waals surface area contributed by atoms with Crippen LogP contribution in [0.4, 0.5) is 17.1 Å². The molecule has 128 valence electrons. The summed E-state index contributed by atoms with van der Waals surface area (Å²) in [6.45, 7) is 3.38. The zero-order valence-electron chi connectivity index (χ0n) is 13.5. The van der Waals surface area contributed by atoms with E-state index in [4.69, 9.17) is 4.74 Å². The second-order valence-electron chi connectivity index (χ2n) is 5.23. The third-order valence-corrected chi connectivity index (χ3v) is 3.57. The number of azo groups is 1. The van der Waals surface area contributed by atoms with Gasteiger partial charge in [-0.1, -0.05) is 30.8 Å². The van der Waals surface area contributed by atoms with Crippen LogP contribution in [0.3, 0.4) is 0 Å². The van der Waals surface area contributed by atoms with Gasteiger partial charge in [0.25, 0.3) is 5.69 Å². The molecule has 0 saturated carbocycles. The molecule has 7 nitrogen and oxygen atoms in total. The number of esters is 1. The number of carbonyl (C=O) groups is 1. The maximum absolute atomic E-state index is 11.5. The Morgan fingerprint density at radius 1 is 1.00 bits per heavy atom. The van der Waals surface area contributed by atoms with Crippen LogP contribution < -0.4 is 4.74 Å². The highest BCUT2D eigenvalue weighted by molar-refractivity contribution is 5.98. The Labute approximate surface area is 148 Å². The van der Waals surface area contributed by atoms with Crippen LogP contribution in [-0.2, 0) is 4.79 Å². The summed E-state index contributed by atoms with van der Waals surface area (Å²) >= 11 is 0. The van der Waals surface area contributed by atoms with Gasteiger partial charge in [0.05, 0.1) is 16.3 Å². The molecule has 0 saturated heterocycles. The summed E-state index contributed by atoms with van der Waals surface area (Å²) in [6.07, 6.45) is 1.09. The molecule has 26 heavy (non-hydrogen) atoms. The molecule has 7 heteroatoms. The lowest BCUT2D eigenvalue weighted by Crippen LogP contribution is -2.03. The highest BCUT2D eigenvalue weighted by Crippen LogP contribution is 2.34. The molecule has 0 unspecified atom stereocenters. The number of non-ortho nitro benzene ring substituents is 1. The largest absolute Gasteiger partial charge is 0.423 e. The minimum atomic E-state index is -0.546. The number of nitro benzene ring substituents is 1. The molecule has 0 fully saturated rings. The zero-order chi connectivity index (χ0) is 18.5. The monoisotopic (exact) mass is 347 g/mol. The highest BCUT2D eigenvalue weighted by Gasteiger charge is 2.09. The van der Waals surface area contributed by atoms with E-state index in [0.717, 1.165) is 11.5 Å². The second kappa shape index (κ2) is 7.35. The Kier molecular flexibility index (Phi) is 4.80. The van der Waals surface area contributed by atoms with Gasteiger partial charge in [-0.2, -0.15) is 5.11 Å². The van der Waals surface area contributed by atoms with Crippen LogP contribution in [0.2, 0.25) is 0 Å². The number of ether oxygens (including phenoxy) is 1. The summed E-state index contributed by atoms with van der Waals surface area (Å²) in [7, 11) is 0. The predicted molar refractivity (Wildman–Crippen MR) is 97.1 cm³/mol. The quantitative estimate of drug-likeness (QED) is 0.157. The van der Waals surface area contributed by atoms with Gasteiger partial charge in [-0.05, 0) is 24.3 Å². The number of benzene rings is 3. The average Bonchev–Trinajstić information content (AvgIpc) is 2.67. The molecule has 0 amide bonds. The van der Waals surface area contributed by atoms with Crippen molar-refractivity contribution in [1.82, 2.24) is 0 Å². The molecule has 0 aliphatic carbocycles. The summed E-state index contributed by atoms with van der Waals surface area (Å²) in [6, 6.07) is 16.4. The molecule has 3 rings (SSSR count). The molecule has 0 spiro atoms. The number of nitrogens with zero attached hydrogens (tertiary/aromatic N) is 3. The fourth-order valence-electron chi connectivity index (χ4n) is 2.33. The number of nitro groups is 1. The number of hydrogen-bond acceptors (Lipinski definition) is 6. The summed E-state index contributed by atoms with van der Waals surface area (Å²) in [5.74, 6) is -0.143. The van der Waals surface area contributed by atoms with Gasteiger partial charge in [0.15, 0.2) is 0 Å². The summed E-state index contributed by atoms with van der Waals surface area (Å²) in [5, 5.41) is 20.5. The standard InChI is InChI=1S/C19H13N3O4/c1-2-19(23)26-18-12-11-17(15-5-3-4-6-16(15)18)21-20-13-7-9-14(10-8-13)22(24)25/h2-12H,1H2. The van der Waals surface area contributed by atoms with Crippen molar-refractivity contribution in [1.29, 1.82) is 0 Å². The topological polar surface area (TPSA) is 94.2 Å². The molecule has 0 N–H and O–H groups in total. The van der Waals surface area contributed by atoms with Crippen LogP contribution in [0, 0.1) is 10.1 Å². The molecule has 3 aromatic rings. The van der Waals surface area contributed by atoms with Crippen LogP contribution in [-0.4, -0.2) is 10.9 Å². The van der Waals surface area contributed by atoms with E-state index in [2.05, 4.69) is 16.8 Å². The average molecular weight is 347 g/mol. The number of fused-ring (bicyclic) bond motifs is 1. The number of rotatable bonds is 5. The van der Waals surface area contributed by atoms with Gasteiger partial charge in [-0.15, -0.1) is 5.11 Å². The molecule has 0 radical (unpaired) electrons. The lowest BCUT2D eigenvalue weighted by molar-refractivity contribution is -0.384. The Morgan fingerprint density at radius 3 is 2.35 bits per heavy atom. The van der Waals surface area contributed by atoms with E-state index >= 15 is 0 Å². The molecule has 0 aliphatic rings. The molecule has 0 bridgehead atoms. The van der Waals surface area contributed by atoms with Gasteiger partial charge in [0, 0.05) is 29.0 Å². The van der Waals surface area contributed by atoms with E-state index in [0.29, 0.717) is 22.5 Å². The number of carbonyl (C=O) groups excluding carboxylic acids is 1. The smallest absolute Gasteiger partial charge is 0.335 e. The van der Waals surface area contributed by atoms with Crippen molar-refractivity contribution in [2.24, 2.45) is 10.2 Å². The lowest BCUT2D eigenvalue weighted by atomic mass is 10.1. The van der Waals surface area contributed by atoms with E-state index in [1.807, 2.05) is 24.3 Å². The van der Waals surface area contributed by atoms with Crippen molar-refractivity contribution in [3.8, 4) is 5.75 Å². The minimum absolute atomic E-state index is 0.0113. The molecule has 0 atom stereocenters. The molecule has 0 heterocycles. The van der Waals surface area contributed by atoms with Crippen molar-refractivity contribution in [2.45, 2.75) is 0 Å². The lowest BCUT2D eigenvalue weighted by Gasteiger charge is -2.07. The molecule has 0 aromatic heterocycles. The SMILES string of the molecule is C=CC(=O)Oc1ccc(N=Nc2ccc([N+](=O)[O-])cc2)c2ccccc12. The van der Waals surface area contributed by atoms with Crippen LogP contribution in [0.1, 0.15) is 0 Å². The van der Waals surface area contributed by atoms with E-state index in [-0.39, 0.29) is 5.69 Å². The van der Waals surface area contributed by atoms with Crippen LogP contribution in [0.5, 0.6) is 5.75 Å². The third kappa shape index (κ3) is 3.62. The van der Waals surface area contributed by atoms with Crippen molar-refractivity contribution < 1.29 is 14.5 Å². The Morgan fingerprint density at radius 2 is 1.69 bits per heavy atom. The molecular formula is C19H13N3O4. The minimum Gasteiger partial charge on any atom is -0.423 e. The van der Waals surface area contributed by atoms with E-state index in [9.17, 15) is 14.9 Å². The van der Waals surface area contributed by atoms with Gasteiger partial charge in [0.1, 0.15) is 5.75 Å². The second-order valence-corrected chi connectivity index (χ2v) is 5.23. The van der Waals surface area contributed by atoms with Gasteiger partial charge < -0.3 is 4.74 Å². The Balaban J connectivity index is 1.95. The summed E-state index contributed by atoms with van der Waals surface area (Å²) in [4.78, 5) is 21.7. The van der Waals surface area contributed by atoms with Crippen LogP contribution >= 0.6 is 0 Å². The van der Waals surface area contributed by atoms with Gasteiger partial charge in [-0.25, -0.2) is 4.79 Å². The van der Waals surface area contributed by atoms with Crippen molar-refractivity contribution >= 4 is 33.8 Å². The first-order chi connectivity index (χ1) is 12.6. The van der Waals surface area contributed by atoms with E-state index in [1.165, 1.54) is 24.3 Å². The van der Waals surface area contributed by atoms with E-state index < -0.39 is 10.9 Å². The van der Waals surface area contributed by atoms with Gasteiger partial charge in [-0.3, -0.25) is 10.1 Å². The maximum atomic E-state index is 11.5. The maximum Gasteiger partial charge on any atom is 0.335 e. The third-order valence-electron chi connectivity index (χ3n) is 3.57. The van der Waals surface area contributed by atoms with Gasteiger partial charge >= 0.3 is 5.97 Å². The normalized spacial score (nSPS) is 10.8. The first-order valence-corrected chi connectivity index (χ1v) is 7.60. The summed E-state index contributed by atoms with van der Waals surface area (Å²) < 4.78 is 5.24. The Bertz CT molecular complexity index is 1030. The van der Waals surface area contributed by atoms with Crippen LogP contribution in [0.15, 0.2) is 83.5 Å². The molecule has 0 aliphatic heterocycles. The number of hydrogen-bond donors (Lipinski definition) is 0. The highest BCUT2D eigenvalue weighted by atomic mass is 16.6. The van der Waals surface area contributed by atoms with Crippen molar-refractivity contribution in [2.75, 3.05) is 0 Å². The van der Waals surface area contributed by atoms with Gasteiger partial charge in [0.2, 0.25) is 0 Å². The fourth-order valence-corrected chi connectivity index (χ4v) is 2.33. The predicted octanol–water partition coefficient (Wildman–Crippen LogP) is 5.25. The molecular weight excluding hydrogens is 334 g/mol. The zero-order valence-corrected chi connectivity index (χ0v) is 13.5.